The molecule has 0 saturated carbocycles. The molecule has 1 aliphatic heterocycles. The van der Waals surface area contributed by atoms with Crippen LogP contribution in [0.5, 0.6) is 0 Å². The van der Waals surface area contributed by atoms with Crippen molar-refractivity contribution in [1.29, 1.82) is 0 Å². The first-order valence-corrected chi connectivity index (χ1v) is 11.1. The van der Waals surface area contributed by atoms with Gasteiger partial charge in [0.2, 0.25) is 5.95 Å². The average Bonchev–Trinajstić information content (AvgIpc) is 2.81. The third-order valence-corrected chi connectivity index (χ3v) is 6.12. The summed E-state index contributed by atoms with van der Waals surface area (Å²) in [7, 11) is 6.11. The zero-order valence-corrected chi connectivity index (χ0v) is 19.5. The number of rotatable bonds is 6. The predicted octanol–water partition coefficient (Wildman–Crippen LogP) is 3.52. The molecule has 0 unspecified atom stereocenters. The van der Waals surface area contributed by atoms with Crippen LogP contribution in [0.25, 0.3) is 0 Å². The lowest BCUT2D eigenvalue weighted by Gasteiger charge is -2.35. The van der Waals surface area contributed by atoms with Crippen LogP contribution in [0, 0.1) is 6.92 Å². The maximum absolute atomic E-state index is 6.32. The van der Waals surface area contributed by atoms with Crippen LogP contribution in [0.2, 0.25) is 0 Å². The van der Waals surface area contributed by atoms with E-state index < -0.39 is 0 Å². The van der Waals surface area contributed by atoms with Crippen molar-refractivity contribution < 1.29 is 0 Å². The molecule has 32 heavy (non-hydrogen) atoms. The van der Waals surface area contributed by atoms with E-state index in [0.717, 1.165) is 55.5 Å². The Bertz CT molecular complexity index is 1030. The molecule has 1 aromatic heterocycles. The van der Waals surface area contributed by atoms with Crippen molar-refractivity contribution in [2.24, 2.45) is 0 Å². The van der Waals surface area contributed by atoms with Gasteiger partial charge in [0.15, 0.2) is 0 Å². The van der Waals surface area contributed by atoms with E-state index >= 15 is 0 Å². The fraction of sp³-hybridized carbons (Fsp3) is 0.360. The molecule has 168 valence electrons. The Labute approximate surface area is 191 Å². The summed E-state index contributed by atoms with van der Waals surface area (Å²) in [5, 5.41) is 0. The number of hydrogen-bond donors (Lipinski definition) is 1. The first kappa shape index (κ1) is 21.9. The normalized spacial score (nSPS) is 14.4. The van der Waals surface area contributed by atoms with Gasteiger partial charge in [-0.25, -0.2) is 0 Å². The fourth-order valence-corrected chi connectivity index (χ4v) is 4.02. The second-order valence-electron chi connectivity index (χ2n) is 8.58. The van der Waals surface area contributed by atoms with Gasteiger partial charge in [0, 0.05) is 70.8 Å². The summed E-state index contributed by atoms with van der Waals surface area (Å²) in [5.41, 5.74) is 10.8. The Balaban J connectivity index is 1.49. The topological polar surface area (TPSA) is 64.8 Å². The van der Waals surface area contributed by atoms with Crippen LogP contribution >= 0.6 is 0 Å². The highest BCUT2D eigenvalue weighted by molar-refractivity contribution is 5.69. The molecule has 7 nitrogen and oxygen atoms in total. The van der Waals surface area contributed by atoms with E-state index in [4.69, 9.17) is 10.7 Å². The Morgan fingerprint density at radius 1 is 0.844 bits per heavy atom. The van der Waals surface area contributed by atoms with Crippen molar-refractivity contribution in [1.82, 2.24) is 14.9 Å². The smallest absolute Gasteiger partial charge is 0.229 e. The summed E-state index contributed by atoms with van der Waals surface area (Å²) in [6.07, 6.45) is 0. The Morgan fingerprint density at radius 2 is 1.47 bits per heavy atom. The number of aromatic nitrogens is 2. The van der Waals surface area contributed by atoms with Crippen LogP contribution < -0.4 is 20.4 Å². The zero-order valence-electron chi connectivity index (χ0n) is 19.5. The first-order chi connectivity index (χ1) is 15.4. The molecule has 4 rings (SSSR count). The highest BCUT2D eigenvalue weighted by Gasteiger charge is 2.22. The molecule has 0 bridgehead atoms. The summed E-state index contributed by atoms with van der Waals surface area (Å²) in [4.78, 5) is 18.4. The van der Waals surface area contributed by atoms with Crippen LogP contribution in [0.4, 0.5) is 29.0 Å². The van der Waals surface area contributed by atoms with Gasteiger partial charge in [0.1, 0.15) is 11.6 Å². The van der Waals surface area contributed by atoms with Gasteiger partial charge in [-0.15, -0.1) is 0 Å². The number of anilines is 5. The molecule has 0 amide bonds. The Kier molecular flexibility index (Phi) is 6.46. The SMILES string of the molecule is Cc1c(N)nc(N2CCN(Cc3ccccc3)CC2)nc1N(C)c1ccc(N(C)C)cc1. The quantitative estimate of drug-likeness (QED) is 0.641. The monoisotopic (exact) mass is 431 g/mol. The number of nitrogens with two attached hydrogens (primary N) is 1. The molecule has 0 aliphatic carbocycles. The standard InChI is InChI=1S/C25H33N7/c1-19-23(26)27-25(28-24(19)30(4)22-12-10-21(11-13-22)29(2)3)32-16-14-31(15-17-32)18-20-8-6-5-7-9-20/h5-13H,14-18H2,1-4H3,(H2,26,27,28). The third kappa shape index (κ3) is 4.78. The average molecular weight is 432 g/mol. The Hall–Kier alpha value is -3.32. The lowest BCUT2D eigenvalue weighted by Crippen LogP contribution is -2.46. The van der Waals surface area contributed by atoms with Gasteiger partial charge in [-0.3, -0.25) is 4.90 Å². The van der Waals surface area contributed by atoms with Gasteiger partial charge < -0.3 is 20.4 Å². The molecule has 1 fully saturated rings. The Morgan fingerprint density at radius 3 is 2.09 bits per heavy atom. The molecule has 2 heterocycles. The minimum absolute atomic E-state index is 0.536. The van der Waals surface area contributed by atoms with Crippen LogP contribution in [0.15, 0.2) is 54.6 Å². The number of piperazine rings is 1. The van der Waals surface area contributed by atoms with Gasteiger partial charge in [-0.2, -0.15) is 9.97 Å². The minimum atomic E-state index is 0.536. The fourth-order valence-electron chi connectivity index (χ4n) is 4.02. The number of benzene rings is 2. The molecule has 1 saturated heterocycles. The molecule has 3 aromatic rings. The summed E-state index contributed by atoms with van der Waals surface area (Å²) in [6.45, 7) is 6.68. The molecule has 0 spiro atoms. The molecule has 1 aliphatic rings. The molecular weight excluding hydrogens is 398 g/mol. The van der Waals surface area contributed by atoms with E-state index in [2.05, 4.69) is 79.2 Å². The van der Waals surface area contributed by atoms with Crippen LogP contribution in [-0.4, -0.2) is 62.2 Å². The van der Waals surface area contributed by atoms with Crippen molar-refractivity contribution in [3.63, 3.8) is 0 Å². The van der Waals surface area contributed by atoms with Gasteiger partial charge in [-0.05, 0) is 36.8 Å². The van der Waals surface area contributed by atoms with Crippen LogP contribution in [0.3, 0.4) is 0 Å². The number of nitrogens with zero attached hydrogens (tertiary/aromatic N) is 6. The summed E-state index contributed by atoms with van der Waals surface area (Å²) >= 11 is 0. The molecule has 0 atom stereocenters. The van der Waals surface area contributed by atoms with Gasteiger partial charge in [0.05, 0.1) is 0 Å². The maximum atomic E-state index is 6.32. The van der Waals surface area contributed by atoms with Crippen molar-refractivity contribution in [2.75, 3.05) is 67.8 Å². The van der Waals surface area contributed by atoms with Crippen molar-refractivity contribution in [2.45, 2.75) is 13.5 Å². The van der Waals surface area contributed by atoms with Crippen molar-refractivity contribution >= 4 is 29.0 Å². The highest BCUT2D eigenvalue weighted by atomic mass is 15.3. The largest absolute Gasteiger partial charge is 0.383 e. The van der Waals surface area contributed by atoms with Crippen molar-refractivity contribution in [3.05, 3.63) is 65.7 Å². The molecule has 2 aromatic carbocycles. The van der Waals surface area contributed by atoms with E-state index in [1.54, 1.807) is 0 Å². The van der Waals surface area contributed by atoms with Crippen molar-refractivity contribution in [3.8, 4) is 0 Å². The minimum Gasteiger partial charge on any atom is -0.383 e. The van der Waals surface area contributed by atoms with E-state index in [1.165, 1.54) is 5.56 Å². The van der Waals surface area contributed by atoms with Gasteiger partial charge in [0.25, 0.3) is 0 Å². The van der Waals surface area contributed by atoms with Crippen LogP contribution in [-0.2, 0) is 6.54 Å². The van der Waals surface area contributed by atoms with E-state index in [-0.39, 0.29) is 0 Å². The molecule has 0 radical (unpaired) electrons. The number of nitrogen functional groups attached to an aromatic ring is 1. The summed E-state index contributed by atoms with van der Waals surface area (Å²) in [5.74, 6) is 2.09. The maximum Gasteiger partial charge on any atom is 0.229 e. The van der Waals surface area contributed by atoms with Crippen LogP contribution in [0.1, 0.15) is 11.1 Å². The predicted molar refractivity (Wildman–Crippen MR) is 134 cm³/mol. The lowest BCUT2D eigenvalue weighted by molar-refractivity contribution is 0.249. The van der Waals surface area contributed by atoms with E-state index in [0.29, 0.717) is 11.8 Å². The van der Waals surface area contributed by atoms with E-state index in [1.807, 2.05) is 28.1 Å². The molecule has 2 N–H and O–H groups in total. The highest BCUT2D eigenvalue weighted by Crippen LogP contribution is 2.30. The number of hydrogen-bond acceptors (Lipinski definition) is 7. The molecular formula is C25H33N7. The van der Waals surface area contributed by atoms with Gasteiger partial charge in [-0.1, -0.05) is 30.3 Å². The summed E-state index contributed by atoms with van der Waals surface area (Å²) < 4.78 is 0. The van der Waals surface area contributed by atoms with Gasteiger partial charge >= 0.3 is 0 Å². The van der Waals surface area contributed by atoms with E-state index in [9.17, 15) is 0 Å². The first-order valence-electron chi connectivity index (χ1n) is 11.1. The summed E-state index contributed by atoms with van der Waals surface area (Å²) in [6, 6.07) is 19.1. The third-order valence-electron chi connectivity index (χ3n) is 6.12. The molecule has 7 heteroatoms. The second-order valence-corrected chi connectivity index (χ2v) is 8.58. The zero-order chi connectivity index (χ0) is 22.7. The lowest BCUT2D eigenvalue weighted by atomic mass is 10.2. The second kappa shape index (κ2) is 9.44.